The monoisotopic (exact) mass is 227 g/mol. The molecule has 0 saturated heterocycles. The zero-order valence-corrected chi connectivity index (χ0v) is 9.20. The molecular formula is C11H14FNO3. The summed E-state index contributed by atoms with van der Waals surface area (Å²) in [6.07, 6.45) is -0.775. The maximum absolute atomic E-state index is 13.1. The smallest absolute Gasteiger partial charge is 0.347 e. The van der Waals surface area contributed by atoms with Crippen molar-refractivity contribution in [2.45, 2.75) is 20.0 Å². The minimum Gasteiger partial charge on any atom is -0.479 e. The number of ether oxygens (including phenoxy) is 2. The number of benzene rings is 1. The second-order valence-electron chi connectivity index (χ2n) is 3.20. The average Bonchev–Trinajstić information content (AvgIpc) is 2.24. The number of nitrogens with two attached hydrogens (primary N) is 1. The summed E-state index contributed by atoms with van der Waals surface area (Å²) in [6, 6.07) is 4.00. The molecule has 0 fully saturated rings. The van der Waals surface area contributed by atoms with Crippen molar-refractivity contribution in [2.24, 2.45) is 0 Å². The van der Waals surface area contributed by atoms with Gasteiger partial charge in [0.2, 0.25) is 0 Å². The second-order valence-corrected chi connectivity index (χ2v) is 3.20. The van der Waals surface area contributed by atoms with Gasteiger partial charge in [0, 0.05) is 6.07 Å². The van der Waals surface area contributed by atoms with Gasteiger partial charge in [-0.25, -0.2) is 9.18 Å². The third-order valence-corrected chi connectivity index (χ3v) is 1.90. The van der Waals surface area contributed by atoms with Gasteiger partial charge in [0.15, 0.2) is 6.10 Å². The molecule has 1 aromatic rings. The Bertz CT molecular complexity index is 381. The van der Waals surface area contributed by atoms with Crippen molar-refractivity contribution in [3.63, 3.8) is 0 Å². The molecule has 0 saturated carbocycles. The minimum absolute atomic E-state index is 0.0381. The molecule has 1 rings (SSSR count). The summed E-state index contributed by atoms with van der Waals surface area (Å²) >= 11 is 0. The Balaban J connectivity index is 2.66. The van der Waals surface area contributed by atoms with Crippen LogP contribution in [0.15, 0.2) is 18.2 Å². The van der Waals surface area contributed by atoms with Crippen LogP contribution in [-0.4, -0.2) is 18.7 Å². The lowest BCUT2D eigenvalue weighted by atomic mass is 10.3. The molecule has 88 valence electrons. The lowest BCUT2D eigenvalue weighted by Gasteiger charge is -2.13. The molecule has 0 aromatic heterocycles. The van der Waals surface area contributed by atoms with Crippen LogP contribution in [0.5, 0.6) is 5.75 Å². The van der Waals surface area contributed by atoms with Gasteiger partial charge < -0.3 is 15.2 Å². The summed E-state index contributed by atoms with van der Waals surface area (Å²) in [5, 5.41) is 0. The molecule has 4 nitrogen and oxygen atoms in total. The van der Waals surface area contributed by atoms with Gasteiger partial charge in [-0.15, -0.1) is 0 Å². The maximum atomic E-state index is 13.1. The molecule has 1 unspecified atom stereocenters. The van der Waals surface area contributed by atoms with Crippen LogP contribution in [0.1, 0.15) is 13.8 Å². The number of nitrogen functional groups attached to an aromatic ring is 1. The van der Waals surface area contributed by atoms with Gasteiger partial charge >= 0.3 is 5.97 Å². The fourth-order valence-corrected chi connectivity index (χ4v) is 1.09. The summed E-state index contributed by atoms with van der Waals surface area (Å²) in [6.45, 7) is 3.52. The highest BCUT2D eigenvalue weighted by Gasteiger charge is 2.16. The van der Waals surface area contributed by atoms with E-state index >= 15 is 0 Å². The molecule has 0 aliphatic rings. The third-order valence-electron chi connectivity index (χ3n) is 1.90. The summed E-state index contributed by atoms with van der Waals surface area (Å²) < 4.78 is 23.0. The van der Waals surface area contributed by atoms with Crippen molar-refractivity contribution in [3.8, 4) is 5.75 Å². The van der Waals surface area contributed by atoms with Crippen LogP contribution in [0.4, 0.5) is 10.1 Å². The van der Waals surface area contributed by atoms with Gasteiger partial charge in [-0.1, -0.05) is 0 Å². The molecule has 2 N–H and O–H groups in total. The van der Waals surface area contributed by atoms with Crippen LogP contribution in [0.3, 0.4) is 0 Å². The Labute approximate surface area is 93.2 Å². The van der Waals surface area contributed by atoms with E-state index in [9.17, 15) is 9.18 Å². The fourth-order valence-electron chi connectivity index (χ4n) is 1.09. The Hall–Kier alpha value is -1.78. The molecular weight excluding hydrogens is 213 g/mol. The van der Waals surface area contributed by atoms with Crippen molar-refractivity contribution in [1.82, 2.24) is 0 Å². The summed E-state index contributed by atoms with van der Waals surface area (Å²) in [4.78, 5) is 11.2. The highest BCUT2D eigenvalue weighted by Crippen LogP contribution is 2.19. The number of hydrogen-bond acceptors (Lipinski definition) is 4. The number of carbonyl (C=O) groups is 1. The number of rotatable bonds is 4. The Morgan fingerprint density at radius 2 is 2.25 bits per heavy atom. The zero-order valence-electron chi connectivity index (χ0n) is 9.20. The SMILES string of the molecule is CCOC(=O)C(C)Oc1ccc(N)c(F)c1. The third kappa shape index (κ3) is 3.12. The summed E-state index contributed by atoms with van der Waals surface area (Å²) in [5.74, 6) is -0.819. The van der Waals surface area contributed by atoms with E-state index in [0.717, 1.165) is 6.07 Å². The molecule has 0 bridgehead atoms. The number of carbonyl (C=O) groups excluding carboxylic acids is 1. The van der Waals surface area contributed by atoms with Gasteiger partial charge in [-0.05, 0) is 26.0 Å². The number of anilines is 1. The largest absolute Gasteiger partial charge is 0.479 e. The van der Waals surface area contributed by atoms with Crippen LogP contribution in [-0.2, 0) is 9.53 Å². The van der Waals surface area contributed by atoms with Gasteiger partial charge in [0.1, 0.15) is 11.6 Å². The second kappa shape index (κ2) is 5.34. The van der Waals surface area contributed by atoms with Crippen LogP contribution in [0.2, 0.25) is 0 Å². The van der Waals surface area contributed by atoms with Crippen LogP contribution >= 0.6 is 0 Å². The van der Waals surface area contributed by atoms with Crippen LogP contribution < -0.4 is 10.5 Å². The topological polar surface area (TPSA) is 61.5 Å². The lowest BCUT2D eigenvalue weighted by molar-refractivity contribution is -0.150. The molecule has 0 spiro atoms. The molecule has 1 aromatic carbocycles. The van der Waals surface area contributed by atoms with E-state index in [2.05, 4.69) is 0 Å². The molecule has 0 amide bonds. The molecule has 5 heteroatoms. The average molecular weight is 227 g/mol. The highest BCUT2D eigenvalue weighted by molar-refractivity contribution is 5.74. The van der Waals surface area contributed by atoms with Crippen molar-refractivity contribution in [3.05, 3.63) is 24.0 Å². The van der Waals surface area contributed by atoms with E-state index in [4.69, 9.17) is 15.2 Å². The van der Waals surface area contributed by atoms with Crippen LogP contribution in [0, 0.1) is 5.82 Å². The predicted octanol–water partition coefficient (Wildman–Crippen LogP) is 1.74. The maximum Gasteiger partial charge on any atom is 0.347 e. The molecule has 0 aliphatic carbocycles. The van der Waals surface area contributed by atoms with Crippen LogP contribution in [0.25, 0.3) is 0 Å². The van der Waals surface area contributed by atoms with E-state index in [1.165, 1.54) is 19.1 Å². The van der Waals surface area contributed by atoms with E-state index in [1.54, 1.807) is 6.92 Å². The first-order valence-corrected chi connectivity index (χ1v) is 4.93. The molecule has 0 radical (unpaired) electrons. The van der Waals surface area contributed by atoms with Crippen molar-refractivity contribution >= 4 is 11.7 Å². The number of halogens is 1. The van der Waals surface area contributed by atoms with Gasteiger partial charge in [-0.3, -0.25) is 0 Å². The Kier molecular flexibility index (Phi) is 4.10. The quantitative estimate of drug-likeness (QED) is 0.628. The van der Waals surface area contributed by atoms with E-state index in [-0.39, 0.29) is 18.0 Å². The van der Waals surface area contributed by atoms with Crippen molar-refractivity contribution in [1.29, 1.82) is 0 Å². The molecule has 0 heterocycles. The van der Waals surface area contributed by atoms with Crippen molar-refractivity contribution in [2.75, 3.05) is 12.3 Å². The predicted molar refractivity (Wildman–Crippen MR) is 57.5 cm³/mol. The molecule has 1 atom stereocenters. The normalized spacial score (nSPS) is 11.9. The summed E-state index contributed by atoms with van der Waals surface area (Å²) in [7, 11) is 0. The molecule has 16 heavy (non-hydrogen) atoms. The number of hydrogen-bond donors (Lipinski definition) is 1. The fraction of sp³-hybridized carbons (Fsp3) is 0.364. The Morgan fingerprint density at radius 3 is 2.81 bits per heavy atom. The Morgan fingerprint density at radius 1 is 1.56 bits per heavy atom. The van der Waals surface area contributed by atoms with E-state index in [0.29, 0.717) is 0 Å². The molecule has 0 aliphatic heterocycles. The first kappa shape index (κ1) is 12.3. The first-order chi connectivity index (χ1) is 7.54. The summed E-state index contributed by atoms with van der Waals surface area (Å²) in [5.41, 5.74) is 5.34. The lowest BCUT2D eigenvalue weighted by Crippen LogP contribution is -2.26. The first-order valence-electron chi connectivity index (χ1n) is 4.93. The van der Waals surface area contributed by atoms with Gasteiger partial charge in [0.05, 0.1) is 12.3 Å². The van der Waals surface area contributed by atoms with Gasteiger partial charge in [0.25, 0.3) is 0 Å². The van der Waals surface area contributed by atoms with E-state index in [1.807, 2.05) is 0 Å². The number of esters is 1. The van der Waals surface area contributed by atoms with Gasteiger partial charge in [-0.2, -0.15) is 0 Å². The zero-order chi connectivity index (χ0) is 12.1. The van der Waals surface area contributed by atoms with Crippen molar-refractivity contribution < 1.29 is 18.7 Å². The standard InChI is InChI=1S/C11H14FNO3/c1-3-15-11(14)7(2)16-8-4-5-10(13)9(12)6-8/h4-7H,3,13H2,1-2H3. The van der Waals surface area contributed by atoms with E-state index < -0.39 is 17.9 Å². The minimum atomic E-state index is -0.775. The highest BCUT2D eigenvalue weighted by atomic mass is 19.1.